The Kier molecular flexibility index (Phi) is 4.31. The Labute approximate surface area is 116 Å². The monoisotopic (exact) mass is 295 g/mol. The highest BCUT2D eigenvalue weighted by molar-refractivity contribution is 7.89. The number of nitrogen functional groups attached to an aromatic ring is 1. The molecule has 3 N–H and O–H groups in total. The minimum atomic E-state index is -3.74. The number of hydrogen-bond donors (Lipinski definition) is 2. The lowest BCUT2D eigenvalue weighted by Gasteiger charge is -2.09. The van der Waals surface area contributed by atoms with E-state index in [4.69, 9.17) is 5.73 Å². The average molecular weight is 295 g/mol. The van der Waals surface area contributed by atoms with Gasteiger partial charge in [-0.05, 0) is 42.3 Å². The van der Waals surface area contributed by atoms with Crippen LogP contribution in [0.5, 0.6) is 0 Å². The Morgan fingerprint density at radius 3 is 2.55 bits per heavy atom. The molecule has 5 nitrogen and oxygen atoms in total. The maximum Gasteiger partial charge on any atom is 0.242 e. The average Bonchev–Trinajstić information content (AvgIpc) is 2.39. The third-order valence-electron chi connectivity index (χ3n) is 2.72. The zero-order valence-electron chi connectivity index (χ0n) is 10.6. The molecule has 0 aliphatic heterocycles. The van der Waals surface area contributed by atoms with Crippen molar-refractivity contribution in [2.24, 2.45) is 0 Å². The molecule has 0 spiro atoms. The molecule has 0 bridgehead atoms. The van der Waals surface area contributed by atoms with Gasteiger partial charge in [-0.25, -0.2) is 17.5 Å². The van der Waals surface area contributed by atoms with Gasteiger partial charge in [-0.2, -0.15) is 0 Å². The molecule has 20 heavy (non-hydrogen) atoms. The van der Waals surface area contributed by atoms with Crippen LogP contribution in [0.4, 0.5) is 10.1 Å². The van der Waals surface area contributed by atoms with Crippen molar-refractivity contribution >= 4 is 15.7 Å². The highest BCUT2D eigenvalue weighted by Gasteiger charge is 2.17. The molecule has 0 amide bonds. The predicted molar refractivity (Wildman–Crippen MR) is 73.9 cm³/mol. The van der Waals surface area contributed by atoms with Gasteiger partial charge in [0.05, 0.1) is 5.69 Å². The second-order valence-electron chi connectivity index (χ2n) is 4.19. The van der Waals surface area contributed by atoms with Gasteiger partial charge in [-0.3, -0.25) is 4.98 Å². The summed E-state index contributed by atoms with van der Waals surface area (Å²) in [6.07, 6.45) is 3.81. The van der Waals surface area contributed by atoms with E-state index in [0.717, 1.165) is 23.8 Å². The number of sulfonamides is 1. The van der Waals surface area contributed by atoms with Crippen molar-refractivity contribution in [2.45, 2.75) is 11.3 Å². The van der Waals surface area contributed by atoms with Crippen LogP contribution in [0, 0.1) is 5.82 Å². The first-order valence-electron chi connectivity index (χ1n) is 5.92. The summed E-state index contributed by atoms with van der Waals surface area (Å²) in [6.45, 7) is 0.225. The van der Waals surface area contributed by atoms with Crippen molar-refractivity contribution < 1.29 is 12.8 Å². The zero-order valence-corrected chi connectivity index (χ0v) is 11.4. The maximum absolute atomic E-state index is 12.9. The molecule has 0 saturated carbocycles. The van der Waals surface area contributed by atoms with Crippen molar-refractivity contribution in [1.29, 1.82) is 0 Å². The topological polar surface area (TPSA) is 85.1 Å². The highest BCUT2D eigenvalue weighted by atomic mass is 32.2. The van der Waals surface area contributed by atoms with Crippen molar-refractivity contribution in [3.63, 3.8) is 0 Å². The minimum absolute atomic E-state index is 0.110. The molecule has 0 aliphatic carbocycles. The van der Waals surface area contributed by atoms with Gasteiger partial charge in [0.1, 0.15) is 10.7 Å². The second-order valence-corrected chi connectivity index (χ2v) is 5.92. The standard InChI is InChI=1S/C13H14FN3O2S/c14-11-1-2-13(12(15)9-11)20(18,19)17-8-5-10-3-6-16-7-4-10/h1-4,6-7,9,17H,5,8,15H2. The molecule has 0 unspecified atom stereocenters. The van der Waals surface area contributed by atoms with Gasteiger partial charge in [0.2, 0.25) is 10.0 Å². The van der Waals surface area contributed by atoms with Crippen molar-refractivity contribution in [3.8, 4) is 0 Å². The van der Waals surface area contributed by atoms with E-state index in [2.05, 4.69) is 9.71 Å². The van der Waals surface area contributed by atoms with E-state index in [1.54, 1.807) is 24.5 Å². The summed E-state index contributed by atoms with van der Waals surface area (Å²) in [5.41, 5.74) is 6.38. The van der Waals surface area contributed by atoms with Crippen LogP contribution in [0.3, 0.4) is 0 Å². The number of nitrogens with two attached hydrogens (primary N) is 1. The van der Waals surface area contributed by atoms with Crippen LogP contribution < -0.4 is 10.5 Å². The predicted octanol–water partition coefficient (Wildman–Crippen LogP) is 1.32. The number of halogens is 1. The highest BCUT2D eigenvalue weighted by Crippen LogP contribution is 2.18. The maximum atomic E-state index is 12.9. The number of hydrogen-bond acceptors (Lipinski definition) is 4. The fourth-order valence-corrected chi connectivity index (χ4v) is 2.86. The van der Waals surface area contributed by atoms with Gasteiger partial charge in [0.25, 0.3) is 0 Å². The van der Waals surface area contributed by atoms with Gasteiger partial charge < -0.3 is 5.73 Å². The van der Waals surface area contributed by atoms with Crippen LogP contribution in [0.2, 0.25) is 0 Å². The van der Waals surface area contributed by atoms with Gasteiger partial charge in [-0.1, -0.05) is 0 Å². The molecule has 1 aromatic carbocycles. The molecular weight excluding hydrogens is 281 g/mol. The van der Waals surface area contributed by atoms with Crippen LogP contribution in [-0.2, 0) is 16.4 Å². The van der Waals surface area contributed by atoms with E-state index in [9.17, 15) is 12.8 Å². The molecule has 2 rings (SSSR count). The number of nitrogens with one attached hydrogen (secondary N) is 1. The van der Waals surface area contributed by atoms with Crippen LogP contribution >= 0.6 is 0 Å². The molecule has 2 aromatic rings. The summed E-state index contributed by atoms with van der Waals surface area (Å²) in [4.78, 5) is 3.76. The van der Waals surface area contributed by atoms with Gasteiger partial charge in [0.15, 0.2) is 0 Å². The van der Waals surface area contributed by atoms with Crippen LogP contribution in [-0.4, -0.2) is 19.9 Å². The number of pyridine rings is 1. The van der Waals surface area contributed by atoms with E-state index in [1.165, 1.54) is 0 Å². The molecule has 0 fully saturated rings. The molecule has 0 aliphatic rings. The zero-order chi connectivity index (χ0) is 14.6. The molecule has 0 saturated heterocycles. The molecule has 7 heteroatoms. The molecule has 0 atom stereocenters. The van der Waals surface area contributed by atoms with E-state index in [0.29, 0.717) is 6.42 Å². The minimum Gasteiger partial charge on any atom is -0.398 e. The van der Waals surface area contributed by atoms with Crippen molar-refractivity contribution in [2.75, 3.05) is 12.3 Å². The lowest BCUT2D eigenvalue weighted by atomic mass is 10.2. The summed E-state index contributed by atoms with van der Waals surface area (Å²) in [6, 6.07) is 6.81. The molecule has 1 aromatic heterocycles. The summed E-state index contributed by atoms with van der Waals surface area (Å²) >= 11 is 0. The third-order valence-corrected chi connectivity index (χ3v) is 4.25. The lowest BCUT2D eigenvalue weighted by molar-refractivity contribution is 0.581. The first kappa shape index (κ1) is 14.4. The summed E-state index contributed by atoms with van der Waals surface area (Å²) < 4.78 is 39.4. The quantitative estimate of drug-likeness (QED) is 0.815. The smallest absolute Gasteiger partial charge is 0.242 e. The molecule has 1 heterocycles. The van der Waals surface area contributed by atoms with E-state index in [1.807, 2.05) is 0 Å². The summed E-state index contributed by atoms with van der Waals surface area (Å²) in [7, 11) is -3.74. The largest absolute Gasteiger partial charge is 0.398 e. The van der Waals surface area contributed by atoms with Crippen molar-refractivity contribution in [3.05, 3.63) is 54.1 Å². The Morgan fingerprint density at radius 2 is 1.90 bits per heavy atom. The Bertz CT molecular complexity index is 690. The van der Waals surface area contributed by atoms with E-state index < -0.39 is 15.8 Å². The van der Waals surface area contributed by atoms with E-state index >= 15 is 0 Å². The number of benzene rings is 1. The Morgan fingerprint density at radius 1 is 1.20 bits per heavy atom. The van der Waals surface area contributed by atoms with Crippen LogP contribution in [0.25, 0.3) is 0 Å². The number of rotatable bonds is 5. The number of nitrogens with zero attached hydrogens (tertiary/aromatic N) is 1. The Hall–Kier alpha value is -1.99. The van der Waals surface area contributed by atoms with Gasteiger partial charge in [-0.15, -0.1) is 0 Å². The second kappa shape index (κ2) is 5.98. The molecule has 0 radical (unpaired) electrons. The number of anilines is 1. The molecule has 106 valence electrons. The normalized spacial score (nSPS) is 11.4. The van der Waals surface area contributed by atoms with Gasteiger partial charge in [0, 0.05) is 18.9 Å². The first-order chi connectivity index (χ1) is 9.49. The SMILES string of the molecule is Nc1cc(F)ccc1S(=O)(=O)NCCc1ccncc1. The Balaban J connectivity index is 2.04. The third kappa shape index (κ3) is 3.52. The van der Waals surface area contributed by atoms with E-state index in [-0.39, 0.29) is 17.1 Å². The lowest BCUT2D eigenvalue weighted by Crippen LogP contribution is -2.26. The summed E-state index contributed by atoms with van der Waals surface area (Å²) in [5, 5.41) is 0. The van der Waals surface area contributed by atoms with Crippen LogP contribution in [0.15, 0.2) is 47.6 Å². The van der Waals surface area contributed by atoms with Crippen molar-refractivity contribution in [1.82, 2.24) is 9.71 Å². The first-order valence-corrected chi connectivity index (χ1v) is 7.41. The number of aromatic nitrogens is 1. The van der Waals surface area contributed by atoms with Gasteiger partial charge >= 0.3 is 0 Å². The molecular formula is C13H14FN3O2S. The fourth-order valence-electron chi connectivity index (χ4n) is 1.72. The van der Waals surface area contributed by atoms with Crippen LogP contribution in [0.1, 0.15) is 5.56 Å². The summed E-state index contributed by atoms with van der Waals surface area (Å²) in [5.74, 6) is -0.571. The fraction of sp³-hybridized carbons (Fsp3) is 0.154.